The quantitative estimate of drug-likeness (QED) is 0.434. The van der Waals surface area contributed by atoms with E-state index in [0.717, 1.165) is 6.42 Å². The molecule has 20 heavy (non-hydrogen) atoms. The molecule has 0 atom stereocenters. The number of hydrogen-bond acceptors (Lipinski definition) is 4. The Hall–Kier alpha value is -0.670. The molecule has 0 fully saturated rings. The highest BCUT2D eigenvalue weighted by Gasteiger charge is 1.94. The number of aryl methyl sites for hydroxylation is 1. The van der Waals surface area contributed by atoms with Gasteiger partial charge in [-0.15, -0.1) is 0 Å². The van der Waals surface area contributed by atoms with Crippen LogP contribution >= 0.6 is 8.60 Å². The number of phenolic OH excluding ortho intramolecular Hbond substituents is 1. The van der Waals surface area contributed by atoms with Gasteiger partial charge in [0, 0.05) is 0 Å². The second kappa shape index (κ2) is 13.3. The summed E-state index contributed by atoms with van der Waals surface area (Å²) in [6.07, 6.45) is 10.6. The smallest absolute Gasteiger partial charge is 0.324 e. The molecule has 0 heterocycles. The van der Waals surface area contributed by atoms with Crippen LogP contribution in [0.4, 0.5) is 0 Å². The molecule has 0 spiro atoms. The maximum absolute atomic E-state index is 9.15. The third kappa shape index (κ3) is 13.8. The Bertz CT molecular complexity index is 311. The lowest BCUT2D eigenvalue weighted by Crippen LogP contribution is -1.85. The van der Waals surface area contributed by atoms with Crippen LogP contribution in [0, 0.1) is 0 Å². The molecule has 0 aliphatic rings. The average Bonchev–Trinajstić information content (AvgIpc) is 2.39. The molecular weight excluding hydrogens is 275 g/mol. The third-order valence-corrected chi connectivity index (χ3v) is 3.01. The van der Waals surface area contributed by atoms with Crippen LogP contribution in [0.2, 0.25) is 0 Å². The molecule has 0 radical (unpaired) electrons. The topological polar surface area (TPSA) is 80.9 Å². The minimum Gasteiger partial charge on any atom is -0.508 e. The van der Waals surface area contributed by atoms with Gasteiger partial charge in [-0.1, -0.05) is 57.6 Å². The summed E-state index contributed by atoms with van der Waals surface area (Å²) in [4.78, 5) is 21.7. The second-order valence-electron chi connectivity index (χ2n) is 4.81. The lowest BCUT2D eigenvalue weighted by molar-refractivity contribution is 0.368. The number of hydrogen-bond donors (Lipinski definition) is 4. The van der Waals surface area contributed by atoms with Gasteiger partial charge in [0.15, 0.2) is 0 Å². The number of benzene rings is 1. The van der Waals surface area contributed by atoms with E-state index in [1.165, 1.54) is 50.5 Å². The van der Waals surface area contributed by atoms with Gasteiger partial charge in [-0.2, -0.15) is 0 Å². The van der Waals surface area contributed by atoms with E-state index < -0.39 is 8.60 Å². The fourth-order valence-corrected chi connectivity index (χ4v) is 1.95. The Labute approximate surface area is 123 Å². The normalized spacial score (nSPS) is 10.2. The Balaban J connectivity index is 0.000000796. The highest BCUT2D eigenvalue weighted by atomic mass is 31.2. The number of rotatable bonds is 8. The van der Waals surface area contributed by atoms with Crippen LogP contribution < -0.4 is 0 Å². The van der Waals surface area contributed by atoms with Crippen molar-refractivity contribution in [1.29, 1.82) is 0 Å². The first kappa shape index (κ1) is 19.3. The Morgan fingerprint density at radius 2 is 1.25 bits per heavy atom. The van der Waals surface area contributed by atoms with Crippen LogP contribution in [-0.4, -0.2) is 19.8 Å². The van der Waals surface area contributed by atoms with Crippen molar-refractivity contribution >= 4 is 8.60 Å². The zero-order chi connectivity index (χ0) is 15.2. The van der Waals surface area contributed by atoms with Gasteiger partial charge in [-0.25, -0.2) is 0 Å². The molecule has 0 unspecified atom stereocenters. The van der Waals surface area contributed by atoms with Gasteiger partial charge >= 0.3 is 8.60 Å². The maximum Gasteiger partial charge on any atom is 0.324 e. The van der Waals surface area contributed by atoms with Gasteiger partial charge in [0.1, 0.15) is 5.75 Å². The predicted octanol–water partition coefficient (Wildman–Crippen LogP) is 3.88. The summed E-state index contributed by atoms with van der Waals surface area (Å²) in [6, 6.07) is 7.59. The van der Waals surface area contributed by atoms with Crippen LogP contribution in [0.3, 0.4) is 0 Å². The molecule has 0 saturated heterocycles. The van der Waals surface area contributed by atoms with Crippen molar-refractivity contribution in [3.05, 3.63) is 29.8 Å². The summed E-state index contributed by atoms with van der Waals surface area (Å²) in [5.74, 6) is 0.364. The molecule has 116 valence electrons. The van der Waals surface area contributed by atoms with E-state index in [1.807, 2.05) is 12.1 Å². The largest absolute Gasteiger partial charge is 0.508 e. The Morgan fingerprint density at radius 3 is 1.75 bits per heavy atom. The Morgan fingerprint density at radius 1 is 0.800 bits per heavy atom. The lowest BCUT2D eigenvalue weighted by atomic mass is 10.0. The van der Waals surface area contributed by atoms with E-state index in [9.17, 15) is 0 Å². The van der Waals surface area contributed by atoms with Crippen LogP contribution in [0.1, 0.15) is 57.4 Å². The van der Waals surface area contributed by atoms with Crippen LogP contribution in [-0.2, 0) is 6.42 Å². The number of unbranched alkanes of at least 4 members (excludes halogenated alkanes) is 6. The lowest BCUT2D eigenvalue weighted by Gasteiger charge is -2.02. The van der Waals surface area contributed by atoms with Crippen molar-refractivity contribution in [1.82, 2.24) is 0 Å². The summed E-state index contributed by atoms with van der Waals surface area (Å²) >= 11 is 0. The minimum absolute atomic E-state index is 0.364. The summed E-state index contributed by atoms with van der Waals surface area (Å²) in [7, 11) is -2.62. The molecule has 0 amide bonds. The molecule has 1 aromatic rings. The van der Waals surface area contributed by atoms with Crippen molar-refractivity contribution in [2.45, 2.75) is 58.3 Å². The third-order valence-electron chi connectivity index (χ3n) is 3.01. The van der Waals surface area contributed by atoms with Crippen LogP contribution in [0.25, 0.3) is 0 Å². The molecule has 4 nitrogen and oxygen atoms in total. The monoisotopic (exact) mass is 302 g/mol. The summed E-state index contributed by atoms with van der Waals surface area (Å²) in [5.41, 5.74) is 1.34. The number of phenols is 1. The fraction of sp³-hybridized carbons (Fsp3) is 0.600. The minimum atomic E-state index is -2.62. The molecule has 4 N–H and O–H groups in total. The highest BCUT2D eigenvalue weighted by molar-refractivity contribution is 7.38. The van der Waals surface area contributed by atoms with Crippen LogP contribution in [0.5, 0.6) is 5.75 Å². The average molecular weight is 302 g/mol. The van der Waals surface area contributed by atoms with Crippen molar-refractivity contribution in [2.75, 3.05) is 0 Å². The first-order valence-corrected chi connectivity index (χ1v) is 8.41. The zero-order valence-electron chi connectivity index (χ0n) is 12.2. The highest BCUT2D eigenvalue weighted by Crippen LogP contribution is 2.13. The molecule has 0 aromatic heterocycles. The zero-order valence-corrected chi connectivity index (χ0v) is 13.1. The van der Waals surface area contributed by atoms with Gasteiger partial charge in [0.05, 0.1) is 0 Å². The molecule has 0 bridgehead atoms. The van der Waals surface area contributed by atoms with E-state index in [0.29, 0.717) is 5.75 Å². The Kier molecular flexibility index (Phi) is 12.9. The summed E-state index contributed by atoms with van der Waals surface area (Å²) in [6.45, 7) is 2.25. The second-order valence-corrected chi connectivity index (χ2v) is 5.34. The first-order valence-electron chi connectivity index (χ1n) is 7.21. The van der Waals surface area contributed by atoms with E-state index in [1.54, 1.807) is 12.1 Å². The van der Waals surface area contributed by atoms with E-state index in [-0.39, 0.29) is 0 Å². The first-order chi connectivity index (χ1) is 9.56. The van der Waals surface area contributed by atoms with E-state index >= 15 is 0 Å². The molecule has 1 rings (SSSR count). The van der Waals surface area contributed by atoms with Crippen LogP contribution in [0.15, 0.2) is 24.3 Å². The van der Waals surface area contributed by atoms with Crippen molar-refractivity contribution in [3.8, 4) is 5.75 Å². The molecule has 0 saturated carbocycles. The summed E-state index contributed by atoms with van der Waals surface area (Å²) < 4.78 is 0. The van der Waals surface area contributed by atoms with Crippen molar-refractivity contribution in [2.24, 2.45) is 0 Å². The predicted molar refractivity (Wildman–Crippen MR) is 83.4 cm³/mol. The molecule has 0 aliphatic carbocycles. The SMILES string of the molecule is CCCCCCCCCc1ccc(O)cc1.OP(O)O. The molecule has 1 aromatic carbocycles. The van der Waals surface area contributed by atoms with Gasteiger partial charge in [-0.05, 0) is 30.5 Å². The summed E-state index contributed by atoms with van der Waals surface area (Å²) in [5, 5.41) is 9.15. The number of aromatic hydroxyl groups is 1. The molecule has 0 aliphatic heterocycles. The molecule has 5 heteroatoms. The maximum atomic E-state index is 9.15. The van der Waals surface area contributed by atoms with Gasteiger partial charge in [-0.3, -0.25) is 0 Å². The molecular formula is C15H27O4P. The van der Waals surface area contributed by atoms with Gasteiger partial charge in [0.2, 0.25) is 0 Å². The van der Waals surface area contributed by atoms with E-state index in [4.69, 9.17) is 19.8 Å². The van der Waals surface area contributed by atoms with Gasteiger partial charge in [0.25, 0.3) is 0 Å². The van der Waals surface area contributed by atoms with Crippen molar-refractivity contribution < 1.29 is 19.8 Å². The standard InChI is InChI=1S/C15H24O.H3O3P/c1-2-3-4-5-6-7-8-9-14-10-12-15(16)13-11-14;1-4(2)3/h10-13,16H,2-9H2,1H3;1-3H. The van der Waals surface area contributed by atoms with Crippen molar-refractivity contribution in [3.63, 3.8) is 0 Å². The fourth-order valence-electron chi connectivity index (χ4n) is 1.95. The van der Waals surface area contributed by atoms with Gasteiger partial charge < -0.3 is 19.8 Å². The van der Waals surface area contributed by atoms with E-state index in [2.05, 4.69) is 6.92 Å².